The molecule has 0 saturated heterocycles. The van der Waals surface area contributed by atoms with E-state index in [1.807, 2.05) is 50.5 Å². The molecule has 2 aromatic rings. The summed E-state index contributed by atoms with van der Waals surface area (Å²) < 4.78 is 11.5. The topological polar surface area (TPSA) is 41.9 Å². The molecule has 4 heteroatoms. The highest BCUT2D eigenvalue weighted by molar-refractivity contribution is 5.78. The van der Waals surface area contributed by atoms with Gasteiger partial charge in [0.05, 0.1) is 13.7 Å². The van der Waals surface area contributed by atoms with Crippen LogP contribution in [-0.2, 0) is 13.0 Å². The quantitative estimate of drug-likeness (QED) is 0.806. The Bertz CT molecular complexity index is 668. The molecule has 0 aliphatic carbocycles. The Hall–Kier alpha value is -2.04. The third-order valence-corrected chi connectivity index (χ3v) is 4.05. The number of hydrogen-bond acceptors (Lipinski definition) is 4. The number of aliphatic hydroxyl groups excluding tert-OH is 1. The molecule has 0 atom stereocenters. The number of rotatable bonds is 8. The first-order chi connectivity index (χ1) is 11.6. The Kier molecular flexibility index (Phi) is 6.64. The molecule has 0 aromatic heterocycles. The van der Waals surface area contributed by atoms with Crippen molar-refractivity contribution in [2.75, 3.05) is 34.4 Å². The molecule has 2 rings (SSSR count). The first-order valence-electron chi connectivity index (χ1n) is 8.28. The number of hydrogen-bond donors (Lipinski definition) is 1. The number of ether oxygens (including phenoxy) is 2. The van der Waals surface area contributed by atoms with Crippen molar-refractivity contribution < 1.29 is 14.6 Å². The smallest absolute Gasteiger partial charge is 0.126 e. The molecule has 4 nitrogen and oxygen atoms in total. The maximum atomic E-state index is 9.81. The lowest BCUT2D eigenvalue weighted by atomic mass is 9.92. The van der Waals surface area contributed by atoms with Crippen LogP contribution in [0.15, 0.2) is 36.4 Å². The van der Waals surface area contributed by atoms with Gasteiger partial charge in [0, 0.05) is 17.7 Å². The fourth-order valence-corrected chi connectivity index (χ4v) is 2.82. The van der Waals surface area contributed by atoms with Gasteiger partial charge in [0.2, 0.25) is 0 Å². The van der Waals surface area contributed by atoms with Crippen LogP contribution in [0.4, 0.5) is 0 Å². The van der Waals surface area contributed by atoms with Gasteiger partial charge in [-0.25, -0.2) is 0 Å². The molecule has 0 heterocycles. The van der Waals surface area contributed by atoms with Gasteiger partial charge >= 0.3 is 0 Å². The summed E-state index contributed by atoms with van der Waals surface area (Å²) in [5.41, 5.74) is 3.99. The van der Waals surface area contributed by atoms with Crippen LogP contribution in [0.2, 0.25) is 0 Å². The number of nitrogens with zero attached hydrogens (tertiary/aromatic N) is 1. The molecule has 0 amide bonds. The van der Waals surface area contributed by atoms with E-state index in [0.29, 0.717) is 6.61 Å². The normalized spacial score (nSPS) is 10.9. The van der Waals surface area contributed by atoms with Gasteiger partial charge < -0.3 is 19.5 Å². The summed E-state index contributed by atoms with van der Waals surface area (Å²) in [5.74, 6) is 1.67. The van der Waals surface area contributed by atoms with Crippen LogP contribution < -0.4 is 9.47 Å². The van der Waals surface area contributed by atoms with E-state index in [0.717, 1.165) is 46.7 Å². The van der Waals surface area contributed by atoms with Crippen molar-refractivity contribution in [3.63, 3.8) is 0 Å². The molecule has 0 fully saturated rings. The van der Waals surface area contributed by atoms with Crippen molar-refractivity contribution in [1.29, 1.82) is 0 Å². The molecular weight excluding hydrogens is 302 g/mol. The second-order valence-electron chi connectivity index (χ2n) is 5.94. The van der Waals surface area contributed by atoms with Crippen LogP contribution in [0.3, 0.4) is 0 Å². The summed E-state index contributed by atoms with van der Waals surface area (Å²) >= 11 is 0. The predicted octanol–water partition coefficient (Wildman–Crippen LogP) is 3.36. The maximum Gasteiger partial charge on any atom is 0.126 e. The summed E-state index contributed by atoms with van der Waals surface area (Å²) in [6.07, 6.45) is 0.818. The maximum absolute atomic E-state index is 9.81. The average molecular weight is 329 g/mol. The van der Waals surface area contributed by atoms with E-state index in [1.54, 1.807) is 7.11 Å². The number of para-hydroxylation sites is 1. The zero-order chi connectivity index (χ0) is 17.5. The van der Waals surface area contributed by atoms with E-state index in [4.69, 9.17) is 9.47 Å². The monoisotopic (exact) mass is 329 g/mol. The highest BCUT2D eigenvalue weighted by Gasteiger charge is 2.17. The minimum atomic E-state index is -0.0155. The van der Waals surface area contributed by atoms with Gasteiger partial charge in [-0.1, -0.05) is 31.2 Å². The minimum Gasteiger partial charge on any atom is -0.496 e. The molecule has 130 valence electrons. The van der Waals surface area contributed by atoms with Crippen molar-refractivity contribution in [2.24, 2.45) is 0 Å². The minimum absolute atomic E-state index is 0.0155. The Morgan fingerprint density at radius 1 is 1.04 bits per heavy atom. The van der Waals surface area contributed by atoms with Crippen LogP contribution in [0.25, 0.3) is 11.1 Å². The van der Waals surface area contributed by atoms with Crippen molar-refractivity contribution in [2.45, 2.75) is 20.0 Å². The van der Waals surface area contributed by atoms with Gasteiger partial charge in [0.25, 0.3) is 0 Å². The molecule has 0 aliphatic rings. The molecule has 1 N–H and O–H groups in total. The van der Waals surface area contributed by atoms with Crippen LogP contribution in [0.1, 0.15) is 18.1 Å². The number of methoxy groups -OCH3 is 1. The van der Waals surface area contributed by atoms with Crippen LogP contribution in [0.5, 0.6) is 11.5 Å². The first-order valence-corrected chi connectivity index (χ1v) is 8.28. The Morgan fingerprint density at radius 2 is 1.79 bits per heavy atom. The molecule has 2 aromatic carbocycles. The predicted molar refractivity (Wildman–Crippen MR) is 97.8 cm³/mol. The summed E-state index contributed by atoms with van der Waals surface area (Å²) in [5, 5.41) is 9.81. The highest BCUT2D eigenvalue weighted by Crippen LogP contribution is 2.39. The Morgan fingerprint density at radius 3 is 2.42 bits per heavy atom. The zero-order valence-electron chi connectivity index (χ0n) is 15.0. The van der Waals surface area contributed by atoms with Crippen molar-refractivity contribution >= 4 is 0 Å². The van der Waals surface area contributed by atoms with Gasteiger partial charge in [-0.2, -0.15) is 0 Å². The molecular formula is C20H27NO3. The number of likely N-dealkylation sites (N-methyl/N-ethyl adjacent to an activating group) is 1. The van der Waals surface area contributed by atoms with Crippen molar-refractivity contribution in [3.05, 3.63) is 47.5 Å². The second kappa shape index (κ2) is 8.71. The van der Waals surface area contributed by atoms with Gasteiger partial charge in [-0.15, -0.1) is 0 Å². The summed E-state index contributed by atoms with van der Waals surface area (Å²) in [6.45, 7) is 3.57. The second-order valence-corrected chi connectivity index (χ2v) is 5.94. The zero-order valence-corrected chi connectivity index (χ0v) is 15.0. The van der Waals surface area contributed by atoms with E-state index < -0.39 is 0 Å². The summed E-state index contributed by atoms with van der Waals surface area (Å²) in [4.78, 5) is 2.09. The van der Waals surface area contributed by atoms with Gasteiger partial charge in [0.15, 0.2) is 0 Å². The van der Waals surface area contributed by atoms with E-state index in [1.165, 1.54) is 0 Å². The van der Waals surface area contributed by atoms with E-state index in [-0.39, 0.29) is 6.61 Å². The standard InChI is InChI=1S/C20H27NO3/c1-5-16-19(24-13-12-21(2)3)11-10-15(14-22)20(16)17-8-6-7-9-18(17)23-4/h6-11,22H,5,12-14H2,1-4H3. The Balaban J connectivity index is 2.51. The van der Waals surface area contributed by atoms with E-state index >= 15 is 0 Å². The SMILES string of the molecule is CCc1c(OCCN(C)C)ccc(CO)c1-c1ccccc1OC. The number of benzene rings is 2. The lowest BCUT2D eigenvalue weighted by Gasteiger charge is -2.20. The van der Waals surface area contributed by atoms with Gasteiger partial charge in [0.1, 0.15) is 18.1 Å². The van der Waals surface area contributed by atoms with Gasteiger partial charge in [-0.3, -0.25) is 0 Å². The lowest BCUT2D eigenvalue weighted by Crippen LogP contribution is -2.19. The summed E-state index contributed by atoms with van der Waals surface area (Å²) in [7, 11) is 5.72. The average Bonchev–Trinajstić information content (AvgIpc) is 2.60. The molecule has 0 unspecified atom stereocenters. The van der Waals surface area contributed by atoms with Crippen LogP contribution >= 0.6 is 0 Å². The first kappa shape index (κ1) is 18.3. The van der Waals surface area contributed by atoms with Crippen molar-refractivity contribution in [1.82, 2.24) is 4.90 Å². The molecule has 0 spiro atoms. The van der Waals surface area contributed by atoms with Crippen LogP contribution in [-0.4, -0.2) is 44.4 Å². The van der Waals surface area contributed by atoms with Crippen molar-refractivity contribution in [3.8, 4) is 22.6 Å². The van der Waals surface area contributed by atoms with E-state index in [2.05, 4.69) is 11.8 Å². The number of aliphatic hydroxyl groups is 1. The molecule has 24 heavy (non-hydrogen) atoms. The van der Waals surface area contributed by atoms with Crippen LogP contribution in [0, 0.1) is 0 Å². The Labute approximate surface area is 144 Å². The highest BCUT2D eigenvalue weighted by atomic mass is 16.5. The molecule has 0 bridgehead atoms. The molecule has 0 aliphatic heterocycles. The third-order valence-electron chi connectivity index (χ3n) is 4.05. The van der Waals surface area contributed by atoms with E-state index in [9.17, 15) is 5.11 Å². The summed E-state index contributed by atoms with van der Waals surface area (Å²) in [6, 6.07) is 11.8. The fraction of sp³-hybridized carbons (Fsp3) is 0.400. The van der Waals surface area contributed by atoms with Gasteiger partial charge in [-0.05, 0) is 43.8 Å². The largest absolute Gasteiger partial charge is 0.496 e. The molecule has 0 radical (unpaired) electrons. The third kappa shape index (κ3) is 4.08. The lowest BCUT2D eigenvalue weighted by molar-refractivity contribution is 0.259. The fourth-order valence-electron chi connectivity index (χ4n) is 2.82. The molecule has 0 saturated carbocycles.